The van der Waals surface area contributed by atoms with E-state index in [-0.39, 0.29) is 5.91 Å². The fourth-order valence-corrected chi connectivity index (χ4v) is 2.82. The normalized spacial score (nSPS) is 10.1. The highest BCUT2D eigenvalue weighted by Gasteiger charge is 2.15. The Bertz CT molecular complexity index is 840. The van der Waals surface area contributed by atoms with Crippen molar-refractivity contribution in [3.63, 3.8) is 0 Å². The van der Waals surface area contributed by atoms with Crippen molar-refractivity contribution in [2.24, 2.45) is 0 Å². The molecule has 0 aliphatic heterocycles. The molecule has 3 rings (SSSR count). The quantitative estimate of drug-likeness (QED) is 0.670. The molecule has 0 bridgehead atoms. The minimum absolute atomic E-state index is 0.0717. The van der Waals surface area contributed by atoms with Crippen molar-refractivity contribution in [1.29, 1.82) is 5.26 Å². The van der Waals surface area contributed by atoms with Crippen LogP contribution in [0.25, 0.3) is 0 Å². The fraction of sp³-hybridized carbons (Fsp3) is 0.130. The van der Waals surface area contributed by atoms with Crippen LogP contribution in [0.1, 0.15) is 22.3 Å². The maximum absolute atomic E-state index is 12.9. The second-order valence-corrected chi connectivity index (χ2v) is 6.21. The van der Waals surface area contributed by atoms with Gasteiger partial charge in [0.15, 0.2) is 0 Å². The number of carbonyl (C=O) groups excluding carboxylic acids is 1. The largest absolute Gasteiger partial charge is 0.334 e. The summed E-state index contributed by atoms with van der Waals surface area (Å²) in [4.78, 5) is 14.8. The summed E-state index contributed by atoms with van der Waals surface area (Å²) in [5.74, 6) is 0.0717. The molecule has 3 heteroatoms. The van der Waals surface area contributed by atoms with Gasteiger partial charge in [0.1, 0.15) is 0 Å². The van der Waals surface area contributed by atoms with E-state index in [1.807, 2.05) is 77.7 Å². The molecule has 128 valence electrons. The number of rotatable bonds is 6. The standard InChI is InChI=1S/C23H20N2O/c24-16-20-13-11-19(12-14-20)15-23(26)25(17-21-7-3-1-4-8-21)18-22-9-5-2-6-10-22/h1-14H,15,17-18H2. The van der Waals surface area contributed by atoms with Crippen LogP contribution in [0.15, 0.2) is 84.9 Å². The highest BCUT2D eigenvalue weighted by Crippen LogP contribution is 2.13. The Morgan fingerprint density at radius 1 is 0.731 bits per heavy atom. The Labute approximate surface area is 154 Å². The first-order valence-electron chi connectivity index (χ1n) is 8.59. The highest BCUT2D eigenvalue weighted by molar-refractivity contribution is 5.78. The van der Waals surface area contributed by atoms with E-state index < -0.39 is 0 Å². The lowest BCUT2D eigenvalue weighted by atomic mass is 10.1. The third kappa shape index (κ3) is 4.81. The zero-order valence-electron chi connectivity index (χ0n) is 14.5. The van der Waals surface area contributed by atoms with Crippen molar-refractivity contribution >= 4 is 5.91 Å². The number of carbonyl (C=O) groups is 1. The van der Waals surface area contributed by atoms with Gasteiger partial charge in [-0.1, -0.05) is 72.8 Å². The number of hydrogen-bond acceptors (Lipinski definition) is 2. The molecule has 1 amide bonds. The van der Waals surface area contributed by atoms with E-state index in [0.717, 1.165) is 16.7 Å². The minimum Gasteiger partial charge on any atom is -0.334 e. The minimum atomic E-state index is 0.0717. The topological polar surface area (TPSA) is 44.1 Å². The molecule has 0 spiro atoms. The fourth-order valence-electron chi connectivity index (χ4n) is 2.82. The van der Waals surface area contributed by atoms with Crippen molar-refractivity contribution in [3.8, 4) is 6.07 Å². The van der Waals surface area contributed by atoms with E-state index in [9.17, 15) is 4.79 Å². The first-order valence-corrected chi connectivity index (χ1v) is 8.59. The number of nitrogens with zero attached hydrogens (tertiary/aromatic N) is 2. The molecule has 3 nitrogen and oxygen atoms in total. The summed E-state index contributed by atoms with van der Waals surface area (Å²) >= 11 is 0. The van der Waals surface area contributed by atoms with Gasteiger partial charge < -0.3 is 4.90 Å². The van der Waals surface area contributed by atoms with Gasteiger partial charge >= 0.3 is 0 Å². The molecule has 0 radical (unpaired) electrons. The summed E-state index contributed by atoms with van der Waals surface area (Å²) in [5, 5.41) is 8.90. The van der Waals surface area contributed by atoms with Gasteiger partial charge in [-0.3, -0.25) is 4.79 Å². The number of benzene rings is 3. The molecule has 3 aromatic rings. The summed E-state index contributed by atoms with van der Waals surface area (Å²) in [6.07, 6.45) is 0.325. The van der Waals surface area contributed by atoms with Crippen LogP contribution >= 0.6 is 0 Å². The molecule has 26 heavy (non-hydrogen) atoms. The maximum Gasteiger partial charge on any atom is 0.227 e. The Balaban J connectivity index is 1.76. The van der Waals surface area contributed by atoms with Gasteiger partial charge in [0.25, 0.3) is 0 Å². The zero-order valence-corrected chi connectivity index (χ0v) is 14.5. The summed E-state index contributed by atoms with van der Waals surface area (Å²) in [7, 11) is 0. The van der Waals surface area contributed by atoms with Gasteiger partial charge in [-0.15, -0.1) is 0 Å². The third-order valence-electron chi connectivity index (χ3n) is 4.22. The molecule has 0 aliphatic rings. The van der Waals surface area contributed by atoms with Crippen LogP contribution in [-0.2, 0) is 24.3 Å². The molecule has 0 fully saturated rings. The smallest absolute Gasteiger partial charge is 0.227 e. The van der Waals surface area contributed by atoms with E-state index >= 15 is 0 Å². The van der Waals surface area contributed by atoms with E-state index in [4.69, 9.17) is 5.26 Å². The van der Waals surface area contributed by atoms with Crippen LogP contribution in [0.5, 0.6) is 0 Å². The van der Waals surface area contributed by atoms with Crippen LogP contribution in [0.2, 0.25) is 0 Å². The van der Waals surface area contributed by atoms with E-state index in [2.05, 4.69) is 6.07 Å². The van der Waals surface area contributed by atoms with Gasteiger partial charge in [0, 0.05) is 13.1 Å². The predicted molar refractivity (Wildman–Crippen MR) is 102 cm³/mol. The lowest BCUT2D eigenvalue weighted by Crippen LogP contribution is -2.31. The average molecular weight is 340 g/mol. The van der Waals surface area contributed by atoms with Crippen molar-refractivity contribution in [3.05, 3.63) is 107 Å². The van der Waals surface area contributed by atoms with Crippen molar-refractivity contribution in [2.45, 2.75) is 19.5 Å². The van der Waals surface area contributed by atoms with E-state index in [1.54, 1.807) is 12.1 Å². The van der Waals surface area contributed by atoms with Crippen LogP contribution in [0, 0.1) is 11.3 Å². The van der Waals surface area contributed by atoms with Gasteiger partial charge in [-0.25, -0.2) is 0 Å². The molecular formula is C23H20N2O. The Morgan fingerprint density at radius 2 is 1.23 bits per heavy atom. The third-order valence-corrected chi connectivity index (χ3v) is 4.22. The molecule has 3 aromatic carbocycles. The predicted octanol–water partition coefficient (Wildman–Crippen LogP) is 4.33. The second kappa shape index (κ2) is 8.64. The molecule has 0 aliphatic carbocycles. The molecule has 0 aromatic heterocycles. The van der Waals surface area contributed by atoms with Gasteiger partial charge in [-0.2, -0.15) is 5.26 Å². The summed E-state index contributed by atoms with van der Waals surface area (Å²) < 4.78 is 0. The maximum atomic E-state index is 12.9. The van der Waals surface area contributed by atoms with Gasteiger partial charge in [0.05, 0.1) is 18.1 Å². The first-order chi connectivity index (χ1) is 12.7. The van der Waals surface area contributed by atoms with Crippen LogP contribution in [0.3, 0.4) is 0 Å². The summed E-state index contributed by atoms with van der Waals surface area (Å²) in [5.41, 5.74) is 3.74. The van der Waals surface area contributed by atoms with Crippen molar-refractivity contribution < 1.29 is 4.79 Å². The summed E-state index contributed by atoms with van der Waals surface area (Å²) in [6.45, 7) is 1.15. The molecule has 0 unspecified atom stereocenters. The lowest BCUT2D eigenvalue weighted by Gasteiger charge is -2.23. The molecule has 0 atom stereocenters. The monoisotopic (exact) mass is 340 g/mol. The lowest BCUT2D eigenvalue weighted by molar-refractivity contribution is -0.131. The first kappa shape index (κ1) is 17.4. The SMILES string of the molecule is N#Cc1ccc(CC(=O)N(Cc2ccccc2)Cc2ccccc2)cc1. The molecular weight excluding hydrogens is 320 g/mol. The Morgan fingerprint density at radius 3 is 1.69 bits per heavy atom. The van der Waals surface area contributed by atoms with E-state index in [0.29, 0.717) is 25.1 Å². The van der Waals surface area contributed by atoms with Crippen LogP contribution in [0.4, 0.5) is 0 Å². The highest BCUT2D eigenvalue weighted by atomic mass is 16.2. The van der Waals surface area contributed by atoms with Crippen molar-refractivity contribution in [1.82, 2.24) is 4.90 Å². The second-order valence-electron chi connectivity index (χ2n) is 6.21. The van der Waals surface area contributed by atoms with Crippen molar-refractivity contribution in [2.75, 3.05) is 0 Å². The Hall–Kier alpha value is -3.38. The number of hydrogen-bond donors (Lipinski definition) is 0. The van der Waals surface area contributed by atoms with Gasteiger partial charge in [-0.05, 0) is 28.8 Å². The summed E-state index contributed by atoms with van der Waals surface area (Å²) in [6, 6.07) is 29.3. The molecule has 0 saturated carbocycles. The number of nitriles is 1. The molecule has 0 heterocycles. The number of amides is 1. The molecule has 0 N–H and O–H groups in total. The van der Waals surface area contributed by atoms with Gasteiger partial charge in [0.2, 0.25) is 5.91 Å². The average Bonchev–Trinajstić information content (AvgIpc) is 2.69. The van der Waals surface area contributed by atoms with E-state index in [1.165, 1.54) is 0 Å². The van der Waals surface area contributed by atoms with Crippen LogP contribution in [-0.4, -0.2) is 10.8 Å². The molecule has 0 saturated heterocycles. The Kier molecular flexibility index (Phi) is 5.80. The zero-order chi connectivity index (χ0) is 18.2. The van der Waals surface area contributed by atoms with Crippen LogP contribution < -0.4 is 0 Å².